The number of rotatable bonds is 5. The lowest BCUT2D eigenvalue weighted by Crippen LogP contribution is -2.05. The first kappa shape index (κ1) is 17.5. The molecule has 0 aliphatic carbocycles. The number of ketones is 1. The first-order valence-electron chi connectivity index (χ1n) is 7.03. The molecule has 2 aromatic heterocycles. The number of nitrogens with zero attached hydrogens (tertiary/aromatic N) is 3. The van der Waals surface area contributed by atoms with Crippen LogP contribution in [0.2, 0.25) is 10.0 Å². The number of thioether (sulfide) groups is 1. The predicted octanol–water partition coefficient (Wildman–Crippen LogP) is 5.23. The molecule has 2 heterocycles. The Morgan fingerprint density at radius 3 is 2.54 bits per heavy atom. The zero-order valence-corrected chi connectivity index (χ0v) is 16.1. The fraction of sp³-hybridized carbons (Fsp3) is 0.188. The number of aromatic nitrogens is 3. The third kappa shape index (κ3) is 3.67. The summed E-state index contributed by atoms with van der Waals surface area (Å²) in [7, 11) is 0. The highest BCUT2D eigenvalue weighted by Gasteiger charge is 2.18. The molecule has 1 aromatic carbocycles. The van der Waals surface area contributed by atoms with Crippen LogP contribution in [0, 0.1) is 13.8 Å². The molecule has 0 atom stereocenters. The van der Waals surface area contributed by atoms with Crippen LogP contribution in [-0.2, 0) is 0 Å². The summed E-state index contributed by atoms with van der Waals surface area (Å²) in [5, 5.41) is 8.83. The highest BCUT2D eigenvalue weighted by atomic mass is 35.5. The summed E-state index contributed by atoms with van der Waals surface area (Å²) in [4.78, 5) is 12.6. The zero-order chi connectivity index (χ0) is 17.3. The van der Waals surface area contributed by atoms with Gasteiger partial charge in [-0.15, -0.1) is 10.2 Å². The molecule has 0 amide bonds. The molecule has 124 valence electrons. The molecule has 3 rings (SSSR count). The Balaban J connectivity index is 1.89. The second kappa shape index (κ2) is 7.27. The second-order valence-corrected chi connectivity index (χ2v) is 8.09. The molecular formula is C16H13Cl2N3OS2. The van der Waals surface area contributed by atoms with Crippen LogP contribution >= 0.6 is 46.3 Å². The smallest absolute Gasteiger partial charge is 0.174 e. The lowest BCUT2D eigenvalue weighted by molar-refractivity contribution is 0.102. The van der Waals surface area contributed by atoms with Crippen LogP contribution in [0.5, 0.6) is 0 Å². The average Bonchev–Trinajstić information content (AvgIpc) is 3.12. The van der Waals surface area contributed by atoms with Gasteiger partial charge in [-0.3, -0.25) is 4.79 Å². The lowest BCUT2D eigenvalue weighted by Gasteiger charge is -2.11. The van der Waals surface area contributed by atoms with Gasteiger partial charge in [-0.1, -0.05) is 46.3 Å². The van der Waals surface area contributed by atoms with E-state index in [1.807, 2.05) is 36.6 Å². The number of halogens is 2. The van der Waals surface area contributed by atoms with Gasteiger partial charge in [-0.25, -0.2) is 0 Å². The summed E-state index contributed by atoms with van der Waals surface area (Å²) in [5.41, 5.74) is 5.02. The Morgan fingerprint density at radius 2 is 1.92 bits per heavy atom. The van der Waals surface area contributed by atoms with Gasteiger partial charge in [0.1, 0.15) is 5.51 Å². The van der Waals surface area contributed by atoms with E-state index in [1.54, 1.807) is 11.6 Å². The SMILES string of the molecule is Cc1cc(C(=O)CSc2nncs2)c(C)n1-c1cc(Cl)cc(Cl)c1. The van der Waals surface area contributed by atoms with Gasteiger partial charge in [0.25, 0.3) is 0 Å². The molecule has 0 spiro atoms. The number of Topliss-reactive ketones (excluding diaryl/α,β-unsaturated/α-hetero) is 1. The predicted molar refractivity (Wildman–Crippen MR) is 100 cm³/mol. The molecule has 4 nitrogen and oxygen atoms in total. The Morgan fingerprint density at radius 1 is 1.21 bits per heavy atom. The highest BCUT2D eigenvalue weighted by Crippen LogP contribution is 2.28. The highest BCUT2D eigenvalue weighted by molar-refractivity contribution is 8.01. The van der Waals surface area contributed by atoms with E-state index < -0.39 is 0 Å². The second-order valence-electron chi connectivity index (χ2n) is 5.16. The molecule has 0 N–H and O–H groups in total. The van der Waals surface area contributed by atoms with Crippen LogP contribution in [0.1, 0.15) is 21.7 Å². The summed E-state index contributed by atoms with van der Waals surface area (Å²) < 4.78 is 2.78. The van der Waals surface area contributed by atoms with E-state index in [4.69, 9.17) is 23.2 Å². The van der Waals surface area contributed by atoms with Gasteiger partial charge < -0.3 is 4.57 Å². The van der Waals surface area contributed by atoms with E-state index in [1.165, 1.54) is 23.1 Å². The molecule has 0 fully saturated rings. The Hall–Kier alpha value is -1.34. The van der Waals surface area contributed by atoms with Gasteiger partial charge in [0.2, 0.25) is 0 Å². The minimum atomic E-state index is 0.0580. The number of carbonyl (C=O) groups excluding carboxylic acids is 1. The number of benzene rings is 1. The third-order valence-electron chi connectivity index (χ3n) is 3.50. The largest absolute Gasteiger partial charge is 0.318 e. The molecule has 0 bridgehead atoms. The molecule has 3 aromatic rings. The molecule has 0 saturated carbocycles. The number of hydrogen-bond donors (Lipinski definition) is 0. The standard InChI is InChI=1S/C16H13Cl2N3OS2/c1-9-3-14(15(22)7-23-16-20-19-8-24-16)10(2)21(9)13-5-11(17)4-12(18)6-13/h3-6,8H,7H2,1-2H3. The van der Waals surface area contributed by atoms with Crippen LogP contribution in [0.3, 0.4) is 0 Å². The molecule has 0 unspecified atom stereocenters. The summed E-state index contributed by atoms with van der Waals surface area (Å²) in [6.45, 7) is 3.88. The number of carbonyl (C=O) groups is 1. The molecule has 0 radical (unpaired) electrons. The normalized spacial score (nSPS) is 11.0. The van der Waals surface area contributed by atoms with Crippen LogP contribution in [0.25, 0.3) is 5.69 Å². The van der Waals surface area contributed by atoms with Crippen LogP contribution in [0.15, 0.2) is 34.1 Å². The van der Waals surface area contributed by atoms with Crippen molar-refractivity contribution < 1.29 is 4.79 Å². The Kier molecular flexibility index (Phi) is 5.30. The summed E-state index contributed by atoms with van der Waals surface area (Å²) in [5.74, 6) is 0.387. The Labute approximate surface area is 157 Å². The fourth-order valence-electron chi connectivity index (χ4n) is 2.54. The van der Waals surface area contributed by atoms with E-state index in [0.717, 1.165) is 21.4 Å². The van der Waals surface area contributed by atoms with E-state index >= 15 is 0 Å². The minimum Gasteiger partial charge on any atom is -0.318 e. The van der Waals surface area contributed by atoms with Crippen molar-refractivity contribution in [2.45, 2.75) is 18.2 Å². The van der Waals surface area contributed by atoms with Crippen molar-refractivity contribution in [1.29, 1.82) is 0 Å². The van der Waals surface area contributed by atoms with E-state index in [2.05, 4.69) is 10.2 Å². The summed E-state index contributed by atoms with van der Waals surface area (Å²) >= 11 is 15.0. The van der Waals surface area contributed by atoms with E-state index in [9.17, 15) is 4.79 Å². The Bertz CT molecular complexity index is 871. The van der Waals surface area contributed by atoms with Gasteiger partial charge in [0.05, 0.1) is 5.75 Å². The topological polar surface area (TPSA) is 47.8 Å². The van der Waals surface area contributed by atoms with E-state index in [0.29, 0.717) is 21.4 Å². The van der Waals surface area contributed by atoms with Crippen molar-refractivity contribution in [3.8, 4) is 5.69 Å². The minimum absolute atomic E-state index is 0.0580. The monoisotopic (exact) mass is 397 g/mol. The van der Waals surface area contributed by atoms with Gasteiger partial charge >= 0.3 is 0 Å². The maximum atomic E-state index is 12.6. The first-order valence-corrected chi connectivity index (χ1v) is 9.65. The molecule has 0 aliphatic heterocycles. The molecular weight excluding hydrogens is 385 g/mol. The maximum Gasteiger partial charge on any atom is 0.174 e. The number of aryl methyl sites for hydroxylation is 1. The van der Waals surface area contributed by atoms with Crippen molar-refractivity contribution in [1.82, 2.24) is 14.8 Å². The third-order valence-corrected chi connectivity index (χ3v) is 5.80. The van der Waals surface area contributed by atoms with Gasteiger partial charge in [0, 0.05) is 32.7 Å². The van der Waals surface area contributed by atoms with Gasteiger partial charge in [-0.2, -0.15) is 0 Å². The van der Waals surface area contributed by atoms with Crippen molar-refractivity contribution in [3.63, 3.8) is 0 Å². The van der Waals surface area contributed by atoms with Crippen molar-refractivity contribution in [3.05, 3.63) is 56.8 Å². The summed E-state index contributed by atoms with van der Waals surface area (Å²) in [6.07, 6.45) is 0. The first-order chi connectivity index (χ1) is 11.5. The van der Waals surface area contributed by atoms with Crippen LogP contribution in [0.4, 0.5) is 0 Å². The van der Waals surface area contributed by atoms with Crippen molar-refractivity contribution >= 4 is 52.1 Å². The van der Waals surface area contributed by atoms with Crippen molar-refractivity contribution in [2.24, 2.45) is 0 Å². The van der Waals surface area contributed by atoms with Crippen LogP contribution < -0.4 is 0 Å². The summed E-state index contributed by atoms with van der Waals surface area (Å²) in [6, 6.07) is 7.24. The zero-order valence-electron chi connectivity index (χ0n) is 12.9. The van der Waals surface area contributed by atoms with Gasteiger partial charge in [-0.05, 0) is 38.1 Å². The average molecular weight is 398 g/mol. The maximum absolute atomic E-state index is 12.6. The van der Waals surface area contributed by atoms with E-state index in [-0.39, 0.29) is 5.78 Å². The molecule has 0 saturated heterocycles. The lowest BCUT2D eigenvalue weighted by atomic mass is 10.2. The van der Waals surface area contributed by atoms with Gasteiger partial charge in [0.15, 0.2) is 10.1 Å². The quantitative estimate of drug-likeness (QED) is 0.436. The fourth-order valence-corrected chi connectivity index (χ4v) is 4.43. The molecule has 0 aliphatic rings. The van der Waals surface area contributed by atoms with Crippen LogP contribution in [-0.4, -0.2) is 26.3 Å². The van der Waals surface area contributed by atoms with Crippen molar-refractivity contribution in [2.75, 3.05) is 5.75 Å². The number of hydrogen-bond acceptors (Lipinski definition) is 5. The molecule has 8 heteroatoms. The molecule has 24 heavy (non-hydrogen) atoms.